The number of nitrogens with two attached hydrogens (primary N) is 1. The Balaban J connectivity index is 1.90. The molecule has 0 bridgehead atoms. The van der Waals surface area contributed by atoms with Crippen molar-refractivity contribution in [1.29, 1.82) is 0 Å². The highest BCUT2D eigenvalue weighted by Crippen LogP contribution is 2.36. The zero-order valence-corrected chi connectivity index (χ0v) is 16.1. The van der Waals surface area contributed by atoms with Crippen molar-refractivity contribution >= 4 is 17.4 Å². The molecule has 0 saturated carbocycles. The summed E-state index contributed by atoms with van der Waals surface area (Å²) in [5.41, 5.74) is 3.02. The number of amidine groups is 1. The Bertz CT molecular complexity index is 1020. The summed E-state index contributed by atoms with van der Waals surface area (Å²) in [6.07, 6.45) is -2.13. The highest BCUT2D eigenvalue weighted by atomic mass is 19.3. The fourth-order valence-electron chi connectivity index (χ4n) is 3.19. The molecule has 0 aliphatic carbocycles. The first-order valence-electron chi connectivity index (χ1n) is 8.98. The van der Waals surface area contributed by atoms with E-state index in [0.29, 0.717) is 0 Å². The van der Waals surface area contributed by atoms with E-state index >= 15 is 0 Å². The van der Waals surface area contributed by atoms with Crippen LogP contribution in [0.15, 0.2) is 35.5 Å². The molecule has 1 aromatic heterocycles. The number of amides is 1. The van der Waals surface area contributed by atoms with Crippen LogP contribution in [0.2, 0.25) is 0 Å². The monoisotopic (exact) mass is 443 g/mol. The lowest BCUT2D eigenvalue weighted by Gasteiger charge is -2.34. The molecule has 1 atom stereocenters. The zero-order chi connectivity index (χ0) is 22.8. The highest BCUT2D eigenvalue weighted by molar-refractivity contribution is 6.03. The summed E-state index contributed by atoms with van der Waals surface area (Å²) < 4.78 is 71.2. The molecule has 1 aliphatic rings. The summed E-state index contributed by atoms with van der Waals surface area (Å²) in [6.45, 7) is -1.87. The van der Waals surface area contributed by atoms with Crippen molar-refractivity contribution in [1.82, 2.24) is 10.3 Å². The smallest absolute Gasteiger partial charge is 0.387 e. The summed E-state index contributed by atoms with van der Waals surface area (Å²) in [4.78, 5) is 20.2. The summed E-state index contributed by atoms with van der Waals surface area (Å²) in [5, 5.41) is 5.11. The number of rotatable bonds is 6. The molecule has 0 saturated heterocycles. The minimum Gasteiger partial charge on any atom is -0.433 e. The first-order valence-corrected chi connectivity index (χ1v) is 8.98. The minimum absolute atomic E-state index is 0.00915. The molecular weight excluding hydrogens is 425 g/mol. The summed E-state index contributed by atoms with van der Waals surface area (Å²) >= 11 is 0. The van der Waals surface area contributed by atoms with Crippen LogP contribution in [-0.2, 0) is 5.54 Å². The van der Waals surface area contributed by atoms with Crippen LogP contribution in [0.25, 0.3) is 0 Å². The van der Waals surface area contributed by atoms with Gasteiger partial charge in [-0.2, -0.15) is 8.78 Å². The Labute approximate surface area is 173 Å². The molecule has 2 aromatic rings. The van der Waals surface area contributed by atoms with E-state index in [0.717, 1.165) is 18.3 Å². The lowest BCUT2D eigenvalue weighted by molar-refractivity contribution is -0.0501. The zero-order valence-electron chi connectivity index (χ0n) is 16.1. The van der Waals surface area contributed by atoms with Crippen LogP contribution in [0, 0.1) is 12.7 Å². The van der Waals surface area contributed by atoms with Crippen LogP contribution in [0.5, 0.6) is 5.75 Å². The van der Waals surface area contributed by atoms with Gasteiger partial charge in [0.2, 0.25) is 0 Å². The average Bonchev–Trinajstić information content (AvgIpc) is 2.68. The number of carbonyl (C=O) groups is 1. The fourth-order valence-corrected chi connectivity index (χ4v) is 3.19. The van der Waals surface area contributed by atoms with Gasteiger partial charge in [0.05, 0.1) is 12.7 Å². The molecule has 12 heteroatoms. The predicted molar refractivity (Wildman–Crippen MR) is 102 cm³/mol. The van der Waals surface area contributed by atoms with Crippen LogP contribution >= 0.6 is 0 Å². The van der Waals surface area contributed by atoms with E-state index in [9.17, 15) is 26.7 Å². The Morgan fingerprint density at radius 3 is 2.65 bits per heavy atom. The molecule has 0 spiro atoms. The van der Waals surface area contributed by atoms with Crippen molar-refractivity contribution in [2.24, 2.45) is 10.7 Å². The second-order valence-corrected chi connectivity index (χ2v) is 6.80. The molecule has 1 unspecified atom stereocenters. The molecule has 2 heterocycles. The molecule has 7 nitrogen and oxygen atoms in total. The van der Waals surface area contributed by atoms with Gasteiger partial charge in [0.1, 0.15) is 23.1 Å². The Morgan fingerprint density at radius 2 is 2.03 bits per heavy atom. The first-order chi connectivity index (χ1) is 14.6. The number of alkyl halides is 4. The second kappa shape index (κ2) is 8.84. The van der Waals surface area contributed by atoms with Crippen molar-refractivity contribution in [3.63, 3.8) is 0 Å². The molecule has 31 heavy (non-hydrogen) atoms. The van der Waals surface area contributed by atoms with Crippen molar-refractivity contribution in [3.05, 3.63) is 53.1 Å². The third kappa shape index (κ3) is 4.74. The molecule has 4 N–H and O–H groups in total. The van der Waals surface area contributed by atoms with Gasteiger partial charge >= 0.3 is 6.61 Å². The fraction of sp³-hybridized carbons (Fsp3) is 0.316. The summed E-state index contributed by atoms with van der Waals surface area (Å²) in [6, 6.07) is 4.35. The van der Waals surface area contributed by atoms with E-state index in [1.807, 2.05) is 0 Å². The van der Waals surface area contributed by atoms with Crippen molar-refractivity contribution < 1.29 is 31.5 Å². The first kappa shape index (κ1) is 22.4. The van der Waals surface area contributed by atoms with Crippen LogP contribution < -0.4 is 21.1 Å². The molecule has 0 fully saturated rings. The highest BCUT2D eigenvalue weighted by Gasteiger charge is 2.45. The second-order valence-electron chi connectivity index (χ2n) is 6.80. The van der Waals surface area contributed by atoms with Crippen LogP contribution in [0.4, 0.5) is 27.6 Å². The number of aromatic nitrogens is 1. The van der Waals surface area contributed by atoms with E-state index in [1.165, 1.54) is 19.1 Å². The molecule has 3 rings (SSSR count). The number of nitrogens with one attached hydrogen (secondary N) is 2. The average molecular weight is 443 g/mol. The summed E-state index contributed by atoms with van der Waals surface area (Å²) in [5.74, 6) is -2.03. The number of aliphatic imine (C=N–C) groups is 1. The number of hydrogen-bond acceptors (Lipinski definition) is 6. The van der Waals surface area contributed by atoms with E-state index < -0.39 is 35.9 Å². The minimum atomic E-state index is -3.08. The third-order valence-corrected chi connectivity index (χ3v) is 4.59. The van der Waals surface area contributed by atoms with E-state index in [2.05, 4.69) is 25.3 Å². The topological polar surface area (TPSA) is 102 Å². The van der Waals surface area contributed by atoms with Gasteiger partial charge in [0.15, 0.2) is 5.54 Å². The quantitative estimate of drug-likeness (QED) is 0.596. The van der Waals surface area contributed by atoms with Crippen molar-refractivity contribution in [3.8, 4) is 5.75 Å². The van der Waals surface area contributed by atoms with Gasteiger partial charge in [-0.25, -0.2) is 18.2 Å². The van der Waals surface area contributed by atoms with E-state index in [4.69, 9.17) is 5.73 Å². The van der Waals surface area contributed by atoms with Gasteiger partial charge in [-0.05, 0) is 36.8 Å². The Kier molecular flexibility index (Phi) is 6.39. The lowest BCUT2D eigenvalue weighted by atomic mass is 9.88. The third-order valence-electron chi connectivity index (χ3n) is 4.59. The van der Waals surface area contributed by atoms with Crippen LogP contribution in [0.1, 0.15) is 21.6 Å². The SMILES string of the molecule is Cc1cc(OC(F)F)cnc1C(=O)Nc1ccc(F)c(C2(C(F)F)CNCC(N)=N2)c1. The number of aryl methyl sites for hydroxylation is 1. The maximum Gasteiger partial charge on any atom is 0.387 e. The van der Waals surface area contributed by atoms with Gasteiger partial charge in [0.25, 0.3) is 12.3 Å². The number of benzene rings is 1. The number of carbonyl (C=O) groups excluding carboxylic acids is 1. The molecule has 1 aromatic carbocycles. The van der Waals surface area contributed by atoms with Gasteiger partial charge in [-0.15, -0.1) is 0 Å². The molecule has 0 radical (unpaired) electrons. The van der Waals surface area contributed by atoms with Crippen molar-refractivity contribution in [2.75, 3.05) is 18.4 Å². The number of pyridine rings is 1. The predicted octanol–water partition coefficient (Wildman–Crippen LogP) is 2.80. The van der Waals surface area contributed by atoms with Crippen LogP contribution in [-0.4, -0.2) is 42.9 Å². The van der Waals surface area contributed by atoms with Gasteiger partial charge in [-0.3, -0.25) is 9.79 Å². The number of halogens is 5. The number of anilines is 1. The molecule has 1 aliphatic heterocycles. The lowest BCUT2D eigenvalue weighted by Crippen LogP contribution is -2.51. The van der Waals surface area contributed by atoms with Crippen molar-refractivity contribution in [2.45, 2.75) is 25.5 Å². The van der Waals surface area contributed by atoms with E-state index in [-0.39, 0.29) is 41.6 Å². The Hall–Kier alpha value is -3.28. The maximum atomic E-state index is 14.5. The standard InChI is InChI=1S/C19H18F5N5O2/c1-9-4-11(31-18(23)24)6-27-15(9)16(30)28-10-2-3-13(20)12(5-10)19(17(21)22)8-26-7-14(25)29-19/h2-6,17-18,26H,7-8H2,1H3,(H2,25,29)(H,28,30). The van der Waals surface area contributed by atoms with Crippen LogP contribution in [0.3, 0.4) is 0 Å². The normalized spacial score (nSPS) is 18.8. The molecule has 1 amide bonds. The number of nitrogens with zero attached hydrogens (tertiary/aromatic N) is 2. The number of hydrogen-bond donors (Lipinski definition) is 3. The van der Waals surface area contributed by atoms with Gasteiger partial charge in [-0.1, -0.05) is 0 Å². The maximum absolute atomic E-state index is 14.5. The summed E-state index contributed by atoms with van der Waals surface area (Å²) in [7, 11) is 0. The largest absolute Gasteiger partial charge is 0.433 e. The van der Waals surface area contributed by atoms with Gasteiger partial charge < -0.3 is 21.1 Å². The Morgan fingerprint density at radius 1 is 1.29 bits per heavy atom. The van der Waals surface area contributed by atoms with Gasteiger partial charge in [0, 0.05) is 17.8 Å². The number of ether oxygens (including phenoxy) is 1. The molecule has 166 valence electrons. The van der Waals surface area contributed by atoms with E-state index in [1.54, 1.807) is 0 Å². The molecular formula is C19H18F5N5O2.